The molecular weight excluding hydrogens is 492 g/mol. The SMILES string of the molecule is CCOC(=O)CCCCCCCCCCNC(=O)CCCCCCCCCCN1C(=O)c2ccccc2C1=O. The van der Waals surface area contributed by atoms with E-state index < -0.39 is 0 Å². The number of nitrogens with one attached hydrogen (secondary N) is 1. The second-order valence-corrected chi connectivity index (χ2v) is 10.6. The number of benzene rings is 1. The number of carbonyl (C=O) groups is 4. The van der Waals surface area contributed by atoms with Gasteiger partial charge in [-0.25, -0.2) is 0 Å². The van der Waals surface area contributed by atoms with Crippen molar-refractivity contribution in [1.29, 1.82) is 0 Å². The number of nitrogens with zero attached hydrogens (tertiary/aromatic N) is 1. The number of amides is 3. The van der Waals surface area contributed by atoms with E-state index >= 15 is 0 Å². The van der Waals surface area contributed by atoms with Crippen LogP contribution >= 0.6 is 0 Å². The van der Waals surface area contributed by atoms with Crippen molar-refractivity contribution in [2.24, 2.45) is 0 Å². The summed E-state index contributed by atoms with van der Waals surface area (Å²) in [5, 5.41) is 3.05. The van der Waals surface area contributed by atoms with Crippen molar-refractivity contribution in [3.63, 3.8) is 0 Å². The molecule has 0 fully saturated rings. The molecule has 1 aliphatic rings. The van der Waals surface area contributed by atoms with E-state index in [2.05, 4.69) is 5.32 Å². The molecule has 1 heterocycles. The molecule has 1 N–H and O–H groups in total. The van der Waals surface area contributed by atoms with Gasteiger partial charge in [-0.15, -0.1) is 0 Å². The maximum Gasteiger partial charge on any atom is 0.305 e. The van der Waals surface area contributed by atoms with E-state index in [9.17, 15) is 19.2 Å². The zero-order chi connectivity index (χ0) is 28.1. The topological polar surface area (TPSA) is 92.8 Å². The van der Waals surface area contributed by atoms with Crippen LogP contribution in [0.4, 0.5) is 0 Å². The number of rotatable bonds is 23. The van der Waals surface area contributed by atoms with E-state index in [1.54, 1.807) is 24.3 Å². The molecule has 218 valence electrons. The van der Waals surface area contributed by atoms with Gasteiger partial charge in [-0.05, 0) is 44.7 Å². The van der Waals surface area contributed by atoms with Crippen molar-refractivity contribution >= 4 is 23.7 Å². The lowest BCUT2D eigenvalue weighted by Gasteiger charge is -2.13. The first kappa shape index (κ1) is 32.5. The summed E-state index contributed by atoms with van der Waals surface area (Å²) < 4.78 is 4.93. The third kappa shape index (κ3) is 13.3. The summed E-state index contributed by atoms with van der Waals surface area (Å²) in [6, 6.07) is 7.05. The van der Waals surface area contributed by atoms with Crippen LogP contribution in [0.5, 0.6) is 0 Å². The molecule has 0 aromatic heterocycles. The number of ether oxygens (including phenoxy) is 1. The van der Waals surface area contributed by atoms with E-state index in [-0.39, 0.29) is 23.7 Å². The maximum absolute atomic E-state index is 12.4. The van der Waals surface area contributed by atoms with Crippen LogP contribution in [0.3, 0.4) is 0 Å². The van der Waals surface area contributed by atoms with Crippen molar-refractivity contribution < 1.29 is 23.9 Å². The highest BCUT2D eigenvalue weighted by molar-refractivity contribution is 6.21. The lowest BCUT2D eigenvalue weighted by molar-refractivity contribution is -0.143. The molecular formula is C32H50N2O5. The van der Waals surface area contributed by atoms with E-state index in [1.807, 2.05) is 6.92 Å². The maximum atomic E-state index is 12.4. The zero-order valence-electron chi connectivity index (χ0n) is 24.1. The number of hydrogen-bond donors (Lipinski definition) is 1. The van der Waals surface area contributed by atoms with Crippen LogP contribution in [0.25, 0.3) is 0 Å². The number of unbranched alkanes of at least 4 members (excludes halogenated alkanes) is 14. The Bertz CT molecular complexity index is 850. The van der Waals surface area contributed by atoms with Crippen LogP contribution in [-0.2, 0) is 14.3 Å². The van der Waals surface area contributed by atoms with Crippen molar-refractivity contribution in [1.82, 2.24) is 10.2 Å². The van der Waals surface area contributed by atoms with Crippen LogP contribution in [0.15, 0.2) is 24.3 Å². The molecule has 0 saturated heterocycles. The summed E-state index contributed by atoms with van der Waals surface area (Å²) in [6.45, 7) is 3.58. The lowest BCUT2D eigenvalue weighted by Crippen LogP contribution is -2.30. The molecule has 2 rings (SSSR count). The molecule has 7 nitrogen and oxygen atoms in total. The van der Waals surface area contributed by atoms with Gasteiger partial charge in [0.2, 0.25) is 5.91 Å². The lowest BCUT2D eigenvalue weighted by atomic mass is 10.1. The van der Waals surface area contributed by atoms with Gasteiger partial charge in [0.05, 0.1) is 17.7 Å². The molecule has 1 aromatic rings. The Kier molecular flexibility index (Phi) is 16.9. The minimum absolute atomic E-state index is 0.0802. The van der Waals surface area contributed by atoms with Crippen molar-refractivity contribution in [2.45, 2.75) is 122 Å². The molecule has 3 amide bonds. The van der Waals surface area contributed by atoms with E-state index in [0.717, 1.165) is 77.2 Å². The fourth-order valence-corrected chi connectivity index (χ4v) is 5.06. The van der Waals surface area contributed by atoms with Gasteiger partial charge in [-0.3, -0.25) is 24.1 Å². The molecule has 0 spiro atoms. The van der Waals surface area contributed by atoms with Crippen molar-refractivity contribution in [2.75, 3.05) is 19.7 Å². The summed E-state index contributed by atoms with van der Waals surface area (Å²) in [6.07, 6.45) is 18.7. The fourth-order valence-electron chi connectivity index (χ4n) is 5.06. The van der Waals surface area contributed by atoms with E-state index in [4.69, 9.17) is 4.74 Å². The average molecular weight is 543 g/mol. The highest BCUT2D eigenvalue weighted by Gasteiger charge is 2.34. The first-order chi connectivity index (χ1) is 19.0. The molecule has 0 radical (unpaired) electrons. The first-order valence-electron chi connectivity index (χ1n) is 15.4. The largest absolute Gasteiger partial charge is 0.466 e. The van der Waals surface area contributed by atoms with Gasteiger partial charge >= 0.3 is 5.97 Å². The van der Waals surface area contributed by atoms with E-state index in [0.29, 0.717) is 37.1 Å². The average Bonchev–Trinajstić information content (AvgIpc) is 3.17. The molecule has 0 aliphatic carbocycles. The fraction of sp³-hybridized carbons (Fsp3) is 0.688. The summed E-state index contributed by atoms with van der Waals surface area (Å²) >= 11 is 0. The van der Waals surface area contributed by atoms with Gasteiger partial charge in [0, 0.05) is 25.9 Å². The quantitative estimate of drug-likeness (QED) is 0.0914. The van der Waals surface area contributed by atoms with Gasteiger partial charge in [-0.2, -0.15) is 0 Å². The van der Waals surface area contributed by atoms with Crippen LogP contribution in [0.1, 0.15) is 143 Å². The molecule has 39 heavy (non-hydrogen) atoms. The first-order valence-corrected chi connectivity index (χ1v) is 15.4. The van der Waals surface area contributed by atoms with Crippen LogP contribution in [0, 0.1) is 0 Å². The Labute approximate surface area is 235 Å². The molecule has 0 bridgehead atoms. The van der Waals surface area contributed by atoms with Crippen LogP contribution < -0.4 is 5.32 Å². The minimum Gasteiger partial charge on any atom is -0.466 e. The monoisotopic (exact) mass is 542 g/mol. The predicted octanol–water partition coefficient (Wildman–Crippen LogP) is 6.98. The molecule has 0 atom stereocenters. The van der Waals surface area contributed by atoms with E-state index in [1.165, 1.54) is 37.0 Å². The third-order valence-electron chi connectivity index (χ3n) is 7.35. The predicted molar refractivity (Wildman–Crippen MR) is 155 cm³/mol. The smallest absolute Gasteiger partial charge is 0.305 e. The molecule has 0 unspecified atom stereocenters. The van der Waals surface area contributed by atoms with Gasteiger partial charge in [0.25, 0.3) is 11.8 Å². The Hall–Kier alpha value is -2.70. The van der Waals surface area contributed by atoms with Gasteiger partial charge < -0.3 is 10.1 Å². The number of hydrogen-bond acceptors (Lipinski definition) is 5. The highest BCUT2D eigenvalue weighted by atomic mass is 16.5. The van der Waals surface area contributed by atoms with Crippen LogP contribution in [0.2, 0.25) is 0 Å². The normalized spacial score (nSPS) is 12.6. The Morgan fingerprint density at radius 3 is 1.67 bits per heavy atom. The number of carbonyl (C=O) groups excluding carboxylic acids is 4. The van der Waals surface area contributed by atoms with Gasteiger partial charge in [0.15, 0.2) is 0 Å². The second-order valence-electron chi connectivity index (χ2n) is 10.6. The second kappa shape index (κ2) is 20.2. The Morgan fingerprint density at radius 2 is 1.13 bits per heavy atom. The summed E-state index contributed by atoms with van der Waals surface area (Å²) in [7, 11) is 0. The Morgan fingerprint density at radius 1 is 0.667 bits per heavy atom. The molecule has 7 heteroatoms. The minimum atomic E-state index is -0.160. The Balaban J connectivity index is 1.30. The van der Waals surface area contributed by atoms with Crippen LogP contribution in [-0.4, -0.2) is 48.3 Å². The molecule has 1 aromatic carbocycles. The number of esters is 1. The van der Waals surface area contributed by atoms with Crippen molar-refractivity contribution in [3.8, 4) is 0 Å². The summed E-state index contributed by atoms with van der Waals surface area (Å²) in [5.41, 5.74) is 1.05. The zero-order valence-corrected chi connectivity index (χ0v) is 24.1. The standard InChI is InChI=1S/C32H50N2O5/c1-2-39-30(36)24-16-12-8-3-5-9-13-19-25-33-29(35)23-15-11-7-4-6-10-14-20-26-34-31(37)27-21-17-18-22-28(27)32(34)38/h17-18,21-22H,2-16,19-20,23-26H2,1H3,(H,33,35). The summed E-state index contributed by atoms with van der Waals surface area (Å²) in [4.78, 5) is 49.4. The summed E-state index contributed by atoms with van der Waals surface area (Å²) in [5.74, 6) is -0.230. The third-order valence-corrected chi connectivity index (χ3v) is 7.35. The van der Waals surface area contributed by atoms with Gasteiger partial charge in [0.1, 0.15) is 0 Å². The number of fused-ring (bicyclic) bond motifs is 1. The molecule has 0 saturated carbocycles. The molecule has 1 aliphatic heterocycles. The number of imide groups is 1. The van der Waals surface area contributed by atoms with Crippen molar-refractivity contribution in [3.05, 3.63) is 35.4 Å². The van der Waals surface area contributed by atoms with Gasteiger partial charge in [-0.1, -0.05) is 89.2 Å². The highest BCUT2D eigenvalue weighted by Crippen LogP contribution is 2.23.